The van der Waals surface area contributed by atoms with Gasteiger partial charge in [-0.05, 0) is 44.2 Å². The zero-order chi connectivity index (χ0) is 22.1. The summed E-state index contributed by atoms with van der Waals surface area (Å²) in [6, 6.07) is 2.17. The molecular formula is C21H23F3N8. The highest BCUT2D eigenvalue weighted by Gasteiger charge is 2.50. The number of halogens is 3. The van der Waals surface area contributed by atoms with E-state index in [0.717, 1.165) is 44.0 Å². The van der Waals surface area contributed by atoms with Crippen molar-refractivity contribution in [3.8, 4) is 11.4 Å². The second-order valence-corrected chi connectivity index (χ2v) is 9.13. The number of alkyl halides is 3. The standard InChI is InChI=1S/C21H23F3N8/c22-21(23,24)17-18(25)28-10-14(29-17)13-9-15-20(4-8-32(15)30-13)3-7-31(11-20)16(12-1-2-12)19-26-5-6-27-19/h5-6,9-10,12,16H,1-4,7-8,11H2,(H2,25,28)(H,26,27)/t16?,20-/m1/s1. The SMILES string of the molecule is Nc1ncc(-c2cc3n(n2)CC[C@@]32CCN(C(c3ncc[nH]3)C3CC3)C2)nc1C(F)(F)F. The van der Waals surface area contributed by atoms with Crippen molar-refractivity contribution in [1.29, 1.82) is 0 Å². The van der Waals surface area contributed by atoms with Gasteiger partial charge in [0.1, 0.15) is 17.2 Å². The number of hydrogen-bond acceptors (Lipinski definition) is 6. The molecule has 5 heterocycles. The fourth-order valence-electron chi connectivity index (χ4n) is 5.42. The van der Waals surface area contributed by atoms with Crippen LogP contribution in [0.5, 0.6) is 0 Å². The van der Waals surface area contributed by atoms with Crippen LogP contribution in [0.25, 0.3) is 11.4 Å². The van der Waals surface area contributed by atoms with E-state index in [1.165, 1.54) is 19.0 Å². The minimum Gasteiger partial charge on any atom is -0.382 e. The average Bonchev–Trinajstić information content (AvgIpc) is 3.15. The zero-order valence-electron chi connectivity index (χ0n) is 17.3. The van der Waals surface area contributed by atoms with Gasteiger partial charge < -0.3 is 10.7 Å². The summed E-state index contributed by atoms with van der Waals surface area (Å²) in [6.45, 7) is 2.59. The van der Waals surface area contributed by atoms with Gasteiger partial charge in [-0.25, -0.2) is 15.0 Å². The van der Waals surface area contributed by atoms with Gasteiger partial charge in [0.25, 0.3) is 0 Å². The van der Waals surface area contributed by atoms with Crippen LogP contribution >= 0.6 is 0 Å². The number of aromatic nitrogens is 6. The van der Waals surface area contributed by atoms with Gasteiger partial charge in [0, 0.05) is 36.6 Å². The Hall–Kier alpha value is -2.95. The quantitative estimate of drug-likeness (QED) is 0.641. The van der Waals surface area contributed by atoms with Gasteiger partial charge in [0.2, 0.25) is 0 Å². The summed E-state index contributed by atoms with van der Waals surface area (Å²) in [7, 11) is 0. The van der Waals surface area contributed by atoms with Crippen LogP contribution in [0.4, 0.5) is 19.0 Å². The Morgan fingerprint density at radius 3 is 2.69 bits per heavy atom. The van der Waals surface area contributed by atoms with Gasteiger partial charge in [-0.2, -0.15) is 18.3 Å². The number of likely N-dealkylation sites (tertiary alicyclic amines) is 1. The lowest BCUT2D eigenvalue weighted by Gasteiger charge is -2.29. The summed E-state index contributed by atoms with van der Waals surface area (Å²) in [5.41, 5.74) is 5.73. The monoisotopic (exact) mass is 444 g/mol. The van der Waals surface area contributed by atoms with Crippen LogP contribution in [-0.2, 0) is 18.1 Å². The molecule has 32 heavy (non-hydrogen) atoms. The Morgan fingerprint density at radius 1 is 1.16 bits per heavy atom. The molecule has 2 fully saturated rings. The Kier molecular flexibility index (Phi) is 4.17. The Balaban J connectivity index is 1.30. The van der Waals surface area contributed by atoms with Crippen molar-refractivity contribution in [3.63, 3.8) is 0 Å². The van der Waals surface area contributed by atoms with E-state index in [9.17, 15) is 13.2 Å². The third-order valence-corrected chi connectivity index (χ3v) is 7.10. The number of anilines is 1. The second kappa shape index (κ2) is 6.77. The number of aryl methyl sites for hydroxylation is 1. The van der Waals surface area contributed by atoms with Crippen molar-refractivity contribution in [3.05, 3.63) is 41.9 Å². The summed E-state index contributed by atoms with van der Waals surface area (Å²) in [5.74, 6) is 1.03. The van der Waals surface area contributed by atoms with Crippen LogP contribution in [0.1, 0.15) is 48.9 Å². The molecule has 3 aliphatic rings. The van der Waals surface area contributed by atoms with E-state index in [1.54, 1.807) is 6.20 Å². The predicted molar refractivity (Wildman–Crippen MR) is 109 cm³/mol. The molecule has 1 saturated carbocycles. The van der Waals surface area contributed by atoms with Crippen molar-refractivity contribution in [2.75, 3.05) is 18.8 Å². The highest BCUT2D eigenvalue weighted by molar-refractivity contribution is 5.57. The molecule has 2 aliphatic heterocycles. The number of nitrogens with zero attached hydrogens (tertiary/aromatic N) is 6. The smallest absolute Gasteiger partial charge is 0.382 e. The highest BCUT2D eigenvalue weighted by atomic mass is 19.4. The first kappa shape index (κ1) is 19.7. The van der Waals surface area contributed by atoms with Crippen LogP contribution in [0.2, 0.25) is 0 Å². The average molecular weight is 444 g/mol. The van der Waals surface area contributed by atoms with Crippen LogP contribution in [0.15, 0.2) is 24.7 Å². The number of aromatic amines is 1. The summed E-state index contributed by atoms with van der Waals surface area (Å²) in [4.78, 5) is 17.8. The van der Waals surface area contributed by atoms with Crippen molar-refractivity contribution < 1.29 is 13.2 Å². The maximum Gasteiger partial charge on any atom is 0.437 e. The second-order valence-electron chi connectivity index (χ2n) is 9.13. The van der Waals surface area contributed by atoms with E-state index in [1.807, 2.05) is 16.9 Å². The first-order valence-corrected chi connectivity index (χ1v) is 10.9. The molecule has 8 nitrogen and oxygen atoms in total. The lowest BCUT2D eigenvalue weighted by molar-refractivity contribution is -0.140. The molecule has 2 atom stereocenters. The van der Waals surface area contributed by atoms with Crippen molar-refractivity contribution >= 4 is 5.82 Å². The van der Waals surface area contributed by atoms with Gasteiger partial charge in [-0.1, -0.05) is 0 Å². The molecule has 0 amide bonds. The highest BCUT2D eigenvalue weighted by Crippen LogP contribution is 2.50. The summed E-state index contributed by atoms with van der Waals surface area (Å²) in [6.07, 6.45) is 4.67. The minimum absolute atomic E-state index is 0.0565. The number of imidazole rings is 1. The van der Waals surface area contributed by atoms with E-state index in [2.05, 4.69) is 29.9 Å². The lowest BCUT2D eigenvalue weighted by Crippen LogP contribution is -2.33. The fourth-order valence-corrected chi connectivity index (χ4v) is 5.42. The predicted octanol–water partition coefficient (Wildman–Crippen LogP) is 3.16. The Labute approximate surface area is 182 Å². The first-order chi connectivity index (χ1) is 15.3. The normalized spacial score (nSPS) is 24.3. The van der Waals surface area contributed by atoms with Gasteiger partial charge in [-0.15, -0.1) is 0 Å². The number of nitrogens with one attached hydrogen (secondary N) is 1. The molecule has 168 valence electrons. The molecule has 6 rings (SSSR count). The molecule has 0 aromatic carbocycles. The molecule has 3 aromatic heterocycles. The molecule has 11 heteroatoms. The van der Waals surface area contributed by atoms with Gasteiger partial charge in [0.05, 0.1) is 12.2 Å². The van der Waals surface area contributed by atoms with Crippen LogP contribution < -0.4 is 5.73 Å². The third kappa shape index (κ3) is 3.09. The van der Waals surface area contributed by atoms with Crippen molar-refractivity contribution in [2.45, 2.75) is 49.9 Å². The van der Waals surface area contributed by atoms with E-state index in [0.29, 0.717) is 11.6 Å². The van der Waals surface area contributed by atoms with Gasteiger partial charge >= 0.3 is 6.18 Å². The van der Waals surface area contributed by atoms with Gasteiger partial charge in [-0.3, -0.25) is 9.58 Å². The number of fused-ring (bicyclic) bond motifs is 2. The maximum absolute atomic E-state index is 13.2. The molecule has 3 N–H and O–H groups in total. The van der Waals surface area contributed by atoms with Crippen LogP contribution in [-0.4, -0.2) is 47.7 Å². The Bertz CT molecular complexity index is 1150. The largest absolute Gasteiger partial charge is 0.437 e. The van der Waals surface area contributed by atoms with Crippen molar-refractivity contribution in [2.24, 2.45) is 5.92 Å². The molecule has 1 saturated heterocycles. The third-order valence-electron chi connectivity index (χ3n) is 7.10. The lowest BCUT2D eigenvalue weighted by atomic mass is 9.82. The number of H-pyrrole nitrogens is 1. The summed E-state index contributed by atoms with van der Waals surface area (Å²) < 4.78 is 41.6. The molecule has 3 aromatic rings. The molecule has 1 aliphatic carbocycles. The van der Waals surface area contributed by atoms with E-state index in [-0.39, 0.29) is 17.2 Å². The van der Waals surface area contributed by atoms with Gasteiger partial charge in [0.15, 0.2) is 11.5 Å². The maximum atomic E-state index is 13.2. The molecule has 0 radical (unpaired) electrons. The summed E-state index contributed by atoms with van der Waals surface area (Å²) in [5, 5.41) is 4.57. The summed E-state index contributed by atoms with van der Waals surface area (Å²) >= 11 is 0. The van der Waals surface area contributed by atoms with Crippen LogP contribution in [0.3, 0.4) is 0 Å². The van der Waals surface area contributed by atoms with E-state index in [4.69, 9.17) is 5.73 Å². The molecular weight excluding hydrogens is 421 g/mol. The number of nitrogen functional groups attached to an aromatic ring is 1. The zero-order valence-corrected chi connectivity index (χ0v) is 17.3. The van der Waals surface area contributed by atoms with Crippen molar-refractivity contribution in [1.82, 2.24) is 34.6 Å². The van der Waals surface area contributed by atoms with Crippen LogP contribution in [0, 0.1) is 5.92 Å². The molecule has 1 unspecified atom stereocenters. The van der Waals surface area contributed by atoms with E-state index < -0.39 is 17.7 Å². The number of rotatable bonds is 4. The molecule has 0 bridgehead atoms. The number of hydrogen-bond donors (Lipinski definition) is 2. The minimum atomic E-state index is -4.66. The first-order valence-electron chi connectivity index (χ1n) is 10.9. The van der Waals surface area contributed by atoms with E-state index >= 15 is 0 Å². The Morgan fingerprint density at radius 2 is 1.97 bits per heavy atom. The number of nitrogens with two attached hydrogens (primary N) is 1. The fraction of sp³-hybridized carbons (Fsp3) is 0.524. The molecule has 1 spiro atoms. The topological polar surface area (TPSA) is 102 Å².